The summed E-state index contributed by atoms with van der Waals surface area (Å²) in [6.07, 6.45) is 13.7. The average molecular weight is 181 g/mol. The minimum atomic E-state index is 0.633. The number of allylic oxidation sites excluding steroid dienone is 3. The molecule has 0 radical (unpaired) electrons. The van der Waals surface area contributed by atoms with Gasteiger partial charge in [0.15, 0.2) is 0 Å². The van der Waals surface area contributed by atoms with Crippen molar-refractivity contribution in [3.8, 4) is 0 Å². The van der Waals surface area contributed by atoms with E-state index in [1.807, 2.05) is 12.2 Å². The van der Waals surface area contributed by atoms with E-state index in [0.29, 0.717) is 12.5 Å². The van der Waals surface area contributed by atoms with Gasteiger partial charge in [-0.3, -0.25) is 0 Å². The third-order valence-electron chi connectivity index (χ3n) is 2.09. The Morgan fingerprint density at radius 1 is 1.23 bits per heavy atom. The summed E-state index contributed by atoms with van der Waals surface area (Å²) >= 11 is 0. The lowest BCUT2D eigenvalue weighted by atomic mass is 10.0. The number of nitrogens with two attached hydrogens (primary N) is 1. The standard InChI is InChI=1S/C12H23N/c1-3-4-6-9-12(2)10-7-5-8-11-13/h5,7-8,10,12H,3-4,6,9,11,13H2,1-2H3/b8-5-,10-7+/t12-/m0/s1. The van der Waals surface area contributed by atoms with Crippen LogP contribution in [0.3, 0.4) is 0 Å². The highest BCUT2D eigenvalue weighted by Crippen LogP contribution is 2.10. The first-order valence-electron chi connectivity index (χ1n) is 5.34. The van der Waals surface area contributed by atoms with Crippen molar-refractivity contribution in [2.75, 3.05) is 6.54 Å². The van der Waals surface area contributed by atoms with Gasteiger partial charge in [-0.15, -0.1) is 0 Å². The molecule has 0 saturated heterocycles. The summed E-state index contributed by atoms with van der Waals surface area (Å²) in [7, 11) is 0. The second-order valence-corrected chi connectivity index (χ2v) is 3.52. The van der Waals surface area contributed by atoms with E-state index >= 15 is 0 Å². The zero-order chi connectivity index (χ0) is 9.94. The molecule has 13 heavy (non-hydrogen) atoms. The summed E-state index contributed by atoms with van der Waals surface area (Å²) in [4.78, 5) is 0. The molecule has 1 atom stereocenters. The minimum Gasteiger partial charge on any atom is -0.327 e. The minimum absolute atomic E-state index is 0.633. The Hall–Kier alpha value is -0.560. The second-order valence-electron chi connectivity index (χ2n) is 3.52. The predicted octanol–water partition coefficient (Wildman–Crippen LogP) is 3.27. The largest absolute Gasteiger partial charge is 0.327 e. The van der Waals surface area contributed by atoms with Gasteiger partial charge in [-0.25, -0.2) is 0 Å². The molecule has 0 aromatic heterocycles. The highest BCUT2D eigenvalue weighted by molar-refractivity contribution is 5.04. The zero-order valence-corrected chi connectivity index (χ0v) is 9.00. The number of hydrogen-bond acceptors (Lipinski definition) is 1. The molecule has 0 saturated carbocycles. The number of unbranched alkanes of at least 4 members (excludes halogenated alkanes) is 2. The molecule has 0 rings (SSSR count). The Labute approximate surface area is 82.7 Å². The van der Waals surface area contributed by atoms with Gasteiger partial charge in [0.05, 0.1) is 0 Å². The summed E-state index contributed by atoms with van der Waals surface area (Å²) in [6, 6.07) is 0. The van der Waals surface area contributed by atoms with Crippen molar-refractivity contribution < 1.29 is 0 Å². The smallest absolute Gasteiger partial charge is 0.0109 e. The Morgan fingerprint density at radius 2 is 2.00 bits per heavy atom. The van der Waals surface area contributed by atoms with E-state index in [1.165, 1.54) is 25.7 Å². The van der Waals surface area contributed by atoms with Gasteiger partial charge in [-0.1, -0.05) is 57.4 Å². The van der Waals surface area contributed by atoms with Crippen molar-refractivity contribution >= 4 is 0 Å². The Morgan fingerprint density at radius 3 is 2.62 bits per heavy atom. The van der Waals surface area contributed by atoms with E-state index in [2.05, 4.69) is 26.0 Å². The van der Waals surface area contributed by atoms with E-state index in [-0.39, 0.29) is 0 Å². The average Bonchev–Trinajstić information content (AvgIpc) is 2.13. The second kappa shape index (κ2) is 9.53. The molecule has 0 amide bonds. The van der Waals surface area contributed by atoms with Crippen molar-refractivity contribution in [3.63, 3.8) is 0 Å². The SMILES string of the molecule is CCCCC[C@H](C)/C=C/C=C\CN. The Kier molecular flexibility index (Phi) is 9.12. The summed E-state index contributed by atoms with van der Waals surface area (Å²) in [5, 5.41) is 0. The van der Waals surface area contributed by atoms with Gasteiger partial charge < -0.3 is 5.73 Å². The van der Waals surface area contributed by atoms with Gasteiger partial charge >= 0.3 is 0 Å². The van der Waals surface area contributed by atoms with Crippen LogP contribution in [-0.4, -0.2) is 6.54 Å². The maximum absolute atomic E-state index is 5.32. The molecule has 0 unspecified atom stereocenters. The molecule has 0 heterocycles. The van der Waals surface area contributed by atoms with Crippen LogP contribution in [0.1, 0.15) is 39.5 Å². The van der Waals surface area contributed by atoms with Gasteiger partial charge in [0.2, 0.25) is 0 Å². The van der Waals surface area contributed by atoms with Crippen LogP contribution >= 0.6 is 0 Å². The molecule has 0 aromatic rings. The first-order valence-corrected chi connectivity index (χ1v) is 5.34. The summed E-state index contributed by atoms with van der Waals surface area (Å²) in [5.41, 5.74) is 5.32. The fourth-order valence-electron chi connectivity index (χ4n) is 1.22. The summed E-state index contributed by atoms with van der Waals surface area (Å²) in [5.74, 6) is 0.703. The lowest BCUT2D eigenvalue weighted by molar-refractivity contribution is 0.576. The zero-order valence-electron chi connectivity index (χ0n) is 9.00. The van der Waals surface area contributed by atoms with Crippen LogP contribution in [0, 0.1) is 5.92 Å². The highest BCUT2D eigenvalue weighted by atomic mass is 14.5. The van der Waals surface area contributed by atoms with Gasteiger partial charge in [-0.05, 0) is 12.3 Å². The van der Waals surface area contributed by atoms with E-state index in [1.54, 1.807) is 0 Å². The molecule has 0 aliphatic heterocycles. The fraction of sp³-hybridized carbons (Fsp3) is 0.667. The maximum atomic E-state index is 5.32. The maximum Gasteiger partial charge on any atom is 0.0109 e. The molecule has 0 fully saturated rings. The monoisotopic (exact) mass is 181 g/mol. The molecule has 0 aliphatic rings. The Balaban J connectivity index is 3.43. The van der Waals surface area contributed by atoms with Crippen LogP contribution in [0.25, 0.3) is 0 Å². The molecule has 76 valence electrons. The quantitative estimate of drug-likeness (QED) is 0.473. The van der Waals surface area contributed by atoms with Crippen molar-refractivity contribution in [2.45, 2.75) is 39.5 Å². The summed E-state index contributed by atoms with van der Waals surface area (Å²) in [6.45, 7) is 5.14. The predicted molar refractivity (Wildman–Crippen MR) is 60.6 cm³/mol. The first kappa shape index (κ1) is 12.4. The topological polar surface area (TPSA) is 26.0 Å². The van der Waals surface area contributed by atoms with Crippen molar-refractivity contribution in [1.29, 1.82) is 0 Å². The van der Waals surface area contributed by atoms with Crippen LogP contribution in [0.4, 0.5) is 0 Å². The highest BCUT2D eigenvalue weighted by Gasteiger charge is 1.94. The molecule has 0 bridgehead atoms. The Bertz CT molecular complexity index is 147. The normalized spacial score (nSPS) is 14.4. The van der Waals surface area contributed by atoms with Gasteiger partial charge in [-0.2, -0.15) is 0 Å². The van der Waals surface area contributed by atoms with Gasteiger partial charge in [0.25, 0.3) is 0 Å². The molecule has 1 heteroatoms. The molecule has 0 aromatic carbocycles. The van der Waals surface area contributed by atoms with Crippen molar-refractivity contribution in [1.82, 2.24) is 0 Å². The van der Waals surface area contributed by atoms with Crippen molar-refractivity contribution in [3.05, 3.63) is 24.3 Å². The molecule has 1 nitrogen and oxygen atoms in total. The van der Waals surface area contributed by atoms with E-state index in [9.17, 15) is 0 Å². The lowest BCUT2D eigenvalue weighted by Crippen LogP contribution is -1.92. The van der Waals surface area contributed by atoms with E-state index < -0.39 is 0 Å². The van der Waals surface area contributed by atoms with Crippen LogP contribution in [0.5, 0.6) is 0 Å². The van der Waals surface area contributed by atoms with E-state index in [4.69, 9.17) is 5.73 Å². The first-order chi connectivity index (χ1) is 6.31. The number of hydrogen-bond donors (Lipinski definition) is 1. The number of rotatable bonds is 7. The molecular weight excluding hydrogens is 158 g/mol. The van der Waals surface area contributed by atoms with Crippen molar-refractivity contribution in [2.24, 2.45) is 11.7 Å². The van der Waals surface area contributed by atoms with Gasteiger partial charge in [0.1, 0.15) is 0 Å². The molecule has 0 spiro atoms. The van der Waals surface area contributed by atoms with Crippen LogP contribution in [0.2, 0.25) is 0 Å². The lowest BCUT2D eigenvalue weighted by Gasteiger charge is -2.03. The molecule has 0 aliphatic carbocycles. The van der Waals surface area contributed by atoms with Crippen LogP contribution in [0.15, 0.2) is 24.3 Å². The third kappa shape index (κ3) is 9.35. The third-order valence-corrected chi connectivity index (χ3v) is 2.09. The molecular formula is C12H23N. The van der Waals surface area contributed by atoms with Crippen LogP contribution in [-0.2, 0) is 0 Å². The van der Waals surface area contributed by atoms with E-state index in [0.717, 1.165) is 0 Å². The fourth-order valence-corrected chi connectivity index (χ4v) is 1.22. The summed E-state index contributed by atoms with van der Waals surface area (Å²) < 4.78 is 0. The molecule has 2 N–H and O–H groups in total. The van der Waals surface area contributed by atoms with Crippen LogP contribution < -0.4 is 5.73 Å². The van der Waals surface area contributed by atoms with Gasteiger partial charge in [0, 0.05) is 6.54 Å².